The first-order chi connectivity index (χ1) is 14.1. The Morgan fingerprint density at radius 3 is 2.66 bits per heavy atom. The number of hydrogen-bond acceptors (Lipinski definition) is 5. The summed E-state index contributed by atoms with van der Waals surface area (Å²) < 4.78 is 5.07. The second kappa shape index (κ2) is 9.70. The van der Waals surface area contributed by atoms with Gasteiger partial charge in [0.05, 0.1) is 12.0 Å². The van der Waals surface area contributed by atoms with E-state index in [1.807, 2.05) is 30.3 Å². The summed E-state index contributed by atoms with van der Waals surface area (Å²) in [6.07, 6.45) is 4.33. The fraction of sp³-hybridized carbons (Fsp3) is 0.100. The number of nitrogens with one attached hydrogen (secondary N) is 4. The molecule has 3 amide bonds. The predicted molar refractivity (Wildman–Crippen MR) is 105 cm³/mol. The Morgan fingerprint density at radius 2 is 1.90 bits per heavy atom. The van der Waals surface area contributed by atoms with E-state index in [1.54, 1.807) is 18.2 Å². The number of H-pyrrole nitrogens is 1. The Balaban J connectivity index is 1.37. The maximum Gasteiger partial charge on any atom is 0.287 e. The lowest BCUT2D eigenvalue weighted by Crippen LogP contribution is -2.42. The molecule has 0 unspecified atom stereocenters. The molecule has 0 saturated carbocycles. The number of aromatic amines is 1. The van der Waals surface area contributed by atoms with E-state index in [0.29, 0.717) is 11.5 Å². The van der Waals surface area contributed by atoms with Crippen molar-refractivity contribution in [3.63, 3.8) is 0 Å². The fourth-order valence-electron chi connectivity index (χ4n) is 2.35. The molecule has 3 rings (SSSR count). The second-order valence-electron chi connectivity index (χ2n) is 5.92. The molecule has 9 heteroatoms. The Bertz CT molecular complexity index is 993. The summed E-state index contributed by atoms with van der Waals surface area (Å²) in [6, 6.07) is 14.4. The van der Waals surface area contributed by atoms with Crippen molar-refractivity contribution in [1.29, 1.82) is 0 Å². The molecule has 0 saturated heterocycles. The van der Waals surface area contributed by atoms with E-state index >= 15 is 0 Å². The lowest BCUT2D eigenvalue weighted by Gasteiger charge is -2.06. The quantitative estimate of drug-likeness (QED) is 0.358. The van der Waals surface area contributed by atoms with Gasteiger partial charge < -0.3 is 9.73 Å². The summed E-state index contributed by atoms with van der Waals surface area (Å²) in [5.74, 6) is -0.783. The number of furan rings is 1. The van der Waals surface area contributed by atoms with Crippen LogP contribution in [0.4, 0.5) is 0 Å². The van der Waals surface area contributed by atoms with Gasteiger partial charge in [-0.25, -0.2) is 0 Å². The van der Waals surface area contributed by atoms with Crippen molar-refractivity contribution in [2.45, 2.75) is 6.42 Å². The molecule has 0 aliphatic rings. The third-order valence-electron chi connectivity index (χ3n) is 3.80. The predicted octanol–water partition coefficient (Wildman–Crippen LogP) is 1.65. The monoisotopic (exact) mass is 393 g/mol. The van der Waals surface area contributed by atoms with Crippen LogP contribution >= 0.6 is 0 Å². The molecule has 2 aromatic heterocycles. The Morgan fingerprint density at radius 1 is 1.07 bits per heavy atom. The molecule has 3 aromatic rings. The molecule has 4 N–H and O–H groups in total. The van der Waals surface area contributed by atoms with Gasteiger partial charge in [0.1, 0.15) is 11.5 Å². The van der Waals surface area contributed by atoms with Gasteiger partial charge in [0.2, 0.25) is 11.8 Å². The molecule has 0 aliphatic carbocycles. The highest BCUT2D eigenvalue weighted by Gasteiger charge is 2.12. The van der Waals surface area contributed by atoms with E-state index in [4.69, 9.17) is 4.42 Å². The summed E-state index contributed by atoms with van der Waals surface area (Å²) in [4.78, 5) is 35.5. The minimum atomic E-state index is -0.529. The largest absolute Gasteiger partial charge is 0.465 e. The van der Waals surface area contributed by atoms with Crippen molar-refractivity contribution in [2.24, 2.45) is 0 Å². The summed E-state index contributed by atoms with van der Waals surface area (Å²) in [5.41, 5.74) is 6.28. The Kier molecular flexibility index (Phi) is 6.56. The molecule has 9 nitrogen and oxygen atoms in total. The van der Waals surface area contributed by atoms with Crippen LogP contribution in [0.15, 0.2) is 65.3 Å². The van der Waals surface area contributed by atoms with Crippen LogP contribution < -0.4 is 16.2 Å². The number of aromatic nitrogens is 2. The van der Waals surface area contributed by atoms with E-state index in [2.05, 4.69) is 26.4 Å². The molecular formula is C20H19N5O4. The average molecular weight is 393 g/mol. The molecule has 0 aliphatic heterocycles. The molecular weight excluding hydrogens is 374 g/mol. The van der Waals surface area contributed by atoms with E-state index in [9.17, 15) is 14.4 Å². The highest BCUT2D eigenvalue weighted by Crippen LogP contribution is 2.16. The van der Waals surface area contributed by atoms with Crippen LogP contribution in [0, 0.1) is 0 Å². The maximum atomic E-state index is 12.1. The summed E-state index contributed by atoms with van der Waals surface area (Å²) >= 11 is 0. The van der Waals surface area contributed by atoms with E-state index < -0.39 is 11.8 Å². The molecule has 2 heterocycles. The first kappa shape index (κ1) is 19.6. The maximum absolute atomic E-state index is 12.1. The number of rotatable bonds is 7. The number of benzene rings is 1. The van der Waals surface area contributed by atoms with Gasteiger partial charge in [-0.15, -0.1) is 0 Å². The minimum Gasteiger partial charge on any atom is -0.465 e. The van der Waals surface area contributed by atoms with Crippen LogP contribution in [0.25, 0.3) is 17.3 Å². The molecule has 0 spiro atoms. The van der Waals surface area contributed by atoms with Crippen LogP contribution in [-0.2, 0) is 9.59 Å². The number of carbonyl (C=O) groups excluding carboxylic acids is 3. The lowest BCUT2D eigenvalue weighted by atomic mass is 10.1. The molecule has 0 atom stereocenters. The van der Waals surface area contributed by atoms with Crippen LogP contribution in [0.1, 0.15) is 22.7 Å². The minimum absolute atomic E-state index is 0.00114. The summed E-state index contributed by atoms with van der Waals surface area (Å²) in [7, 11) is 0. The summed E-state index contributed by atoms with van der Waals surface area (Å²) in [5, 5.41) is 9.27. The SMILES string of the molecule is O=C(/C=C/c1ccco1)NCCC(=O)NNC(=O)c1cc(-c2ccccc2)n[nH]1. The highest BCUT2D eigenvalue weighted by atomic mass is 16.3. The zero-order valence-electron chi connectivity index (χ0n) is 15.3. The molecule has 148 valence electrons. The van der Waals surface area contributed by atoms with Gasteiger partial charge >= 0.3 is 0 Å². The van der Waals surface area contributed by atoms with Gasteiger partial charge in [0.15, 0.2) is 0 Å². The van der Waals surface area contributed by atoms with Crippen molar-refractivity contribution >= 4 is 23.8 Å². The smallest absolute Gasteiger partial charge is 0.287 e. The van der Waals surface area contributed by atoms with Crippen molar-refractivity contribution < 1.29 is 18.8 Å². The zero-order chi connectivity index (χ0) is 20.5. The van der Waals surface area contributed by atoms with Crippen molar-refractivity contribution in [3.8, 4) is 11.3 Å². The topological polar surface area (TPSA) is 129 Å². The summed E-state index contributed by atoms with van der Waals surface area (Å²) in [6.45, 7) is 0.116. The van der Waals surface area contributed by atoms with Crippen LogP contribution in [0.2, 0.25) is 0 Å². The Labute approximate surface area is 166 Å². The van der Waals surface area contributed by atoms with Crippen molar-refractivity contribution in [1.82, 2.24) is 26.4 Å². The van der Waals surface area contributed by atoms with Crippen molar-refractivity contribution in [3.05, 3.63) is 72.3 Å². The standard InChI is InChI=1S/C20H19N5O4/c26-18(9-8-15-7-4-12-29-15)21-11-10-19(27)24-25-20(28)17-13-16(22-23-17)14-5-2-1-3-6-14/h1-9,12-13H,10-11H2,(H,21,26)(H,22,23)(H,24,27)(H,25,28)/b9-8+. The molecule has 0 fully saturated rings. The highest BCUT2D eigenvalue weighted by molar-refractivity contribution is 5.95. The fourth-order valence-corrected chi connectivity index (χ4v) is 2.35. The molecule has 0 bridgehead atoms. The lowest BCUT2D eigenvalue weighted by molar-refractivity contribution is -0.122. The van der Waals surface area contributed by atoms with Crippen LogP contribution in [0.5, 0.6) is 0 Å². The first-order valence-electron chi connectivity index (χ1n) is 8.81. The number of amides is 3. The Hall–Kier alpha value is -4.14. The first-order valence-corrected chi connectivity index (χ1v) is 8.81. The third-order valence-corrected chi connectivity index (χ3v) is 3.80. The van der Waals surface area contributed by atoms with E-state index in [1.165, 1.54) is 18.4 Å². The van der Waals surface area contributed by atoms with Gasteiger partial charge in [-0.3, -0.25) is 30.3 Å². The number of carbonyl (C=O) groups is 3. The molecule has 0 radical (unpaired) electrons. The molecule has 1 aromatic carbocycles. The number of hydrogen-bond donors (Lipinski definition) is 4. The number of nitrogens with zero attached hydrogens (tertiary/aromatic N) is 1. The van der Waals surface area contributed by atoms with Crippen molar-refractivity contribution in [2.75, 3.05) is 6.54 Å². The van der Waals surface area contributed by atoms with E-state index in [0.717, 1.165) is 5.56 Å². The number of hydrazine groups is 1. The van der Waals surface area contributed by atoms with Crippen LogP contribution in [-0.4, -0.2) is 34.5 Å². The third kappa shape index (κ3) is 5.93. The molecule has 29 heavy (non-hydrogen) atoms. The van der Waals surface area contributed by atoms with Gasteiger partial charge in [-0.1, -0.05) is 30.3 Å². The van der Waals surface area contributed by atoms with E-state index in [-0.39, 0.29) is 24.6 Å². The van der Waals surface area contributed by atoms with Gasteiger partial charge in [0, 0.05) is 24.6 Å². The second-order valence-corrected chi connectivity index (χ2v) is 5.92. The van der Waals surface area contributed by atoms with Gasteiger partial charge in [-0.05, 0) is 24.3 Å². The average Bonchev–Trinajstić information content (AvgIpc) is 3.43. The normalized spacial score (nSPS) is 10.6. The van der Waals surface area contributed by atoms with Crippen LogP contribution in [0.3, 0.4) is 0 Å². The van der Waals surface area contributed by atoms with Gasteiger partial charge in [0.25, 0.3) is 5.91 Å². The van der Waals surface area contributed by atoms with Gasteiger partial charge in [-0.2, -0.15) is 5.10 Å². The zero-order valence-corrected chi connectivity index (χ0v) is 15.3.